The molecule has 1 aliphatic heterocycles. The Labute approximate surface area is 74.7 Å². The van der Waals surface area contributed by atoms with E-state index in [0.29, 0.717) is 6.61 Å². The van der Waals surface area contributed by atoms with Gasteiger partial charge in [-0.3, -0.25) is 0 Å². The Hall–Kier alpha value is -0.570. The largest absolute Gasteiger partial charge is 0.396 e. The Balaban J connectivity index is 0.000000561. The smallest absolute Gasteiger partial charge is 0.114 e. The van der Waals surface area contributed by atoms with Gasteiger partial charge < -0.3 is 9.57 Å². The lowest BCUT2D eigenvalue weighted by molar-refractivity contribution is 0.122. The van der Waals surface area contributed by atoms with Crippen LogP contribution in [0.1, 0.15) is 33.6 Å². The SMILES string of the molecule is CC.CCON=C1CCOCC1. The van der Waals surface area contributed by atoms with Gasteiger partial charge in [-0.15, -0.1) is 0 Å². The molecule has 1 aliphatic rings. The fourth-order valence-electron chi connectivity index (χ4n) is 0.854. The molecule has 0 atom stereocenters. The molecule has 3 nitrogen and oxygen atoms in total. The third-order valence-corrected chi connectivity index (χ3v) is 1.39. The van der Waals surface area contributed by atoms with Crippen molar-refractivity contribution < 1.29 is 9.57 Å². The molecular weight excluding hydrogens is 154 g/mol. The predicted octanol–water partition coefficient (Wildman–Crippen LogP) is 2.22. The van der Waals surface area contributed by atoms with Gasteiger partial charge in [0.2, 0.25) is 0 Å². The standard InChI is InChI=1S/C7H13NO2.C2H6/c1-2-10-8-7-3-5-9-6-4-7;1-2/h2-6H2,1H3;1-2H3. The Morgan fingerprint density at radius 3 is 2.42 bits per heavy atom. The average molecular weight is 173 g/mol. The van der Waals surface area contributed by atoms with Crippen molar-refractivity contribution in [2.24, 2.45) is 5.16 Å². The number of rotatable bonds is 2. The Bertz CT molecular complexity index is 116. The van der Waals surface area contributed by atoms with E-state index in [-0.39, 0.29) is 0 Å². The molecule has 0 unspecified atom stereocenters. The van der Waals surface area contributed by atoms with Gasteiger partial charge >= 0.3 is 0 Å². The number of hydrogen-bond acceptors (Lipinski definition) is 3. The molecule has 72 valence electrons. The van der Waals surface area contributed by atoms with Crippen molar-refractivity contribution in [3.05, 3.63) is 0 Å². The van der Waals surface area contributed by atoms with Gasteiger partial charge in [0.25, 0.3) is 0 Å². The summed E-state index contributed by atoms with van der Waals surface area (Å²) in [5, 5.41) is 3.94. The monoisotopic (exact) mass is 173 g/mol. The topological polar surface area (TPSA) is 30.8 Å². The first kappa shape index (κ1) is 11.4. The Kier molecular flexibility index (Phi) is 8.12. The van der Waals surface area contributed by atoms with E-state index in [1.807, 2.05) is 20.8 Å². The maximum absolute atomic E-state index is 5.14. The highest BCUT2D eigenvalue weighted by Crippen LogP contribution is 2.02. The van der Waals surface area contributed by atoms with Crippen LogP contribution in [0.4, 0.5) is 0 Å². The minimum atomic E-state index is 0.657. The summed E-state index contributed by atoms with van der Waals surface area (Å²) in [4.78, 5) is 4.91. The first-order chi connectivity index (χ1) is 5.93. The summed E-state index contributed by atoms with van der Waals surface area (Å²) in [5.41, 5.74) is 1.13. The maximum Gasteiger partial charge on any atom is 0.114 e. The van der Waals surface area contributed by atoms with Crippen LogP contribution in [0.2, 0.25) is 0 Å². The molecule has 0 radical (unpaired) electrons. The highest BCUT2D eigenvalue weighted by atomic mass is 16.6. The summed E-state index contributed by atoms with van der Waals surface area (Å²) in [6.45, 7) is 8.19. The van der Waals surface area contributed by atoms with Gasteiger partial charge in [-0.2, -0.15) is 0 Å². The van der Waals surface area contributed by atoms with E-state index < -0.39 is 0 Å². The third-order valence-electron chi connectivity index (χ3n) is 1.39. The molecule has 3 heteroatoms. The van der Waals surface area contributed by atoms with Crippen molar-refractivity contribution >= 4 is 5.71 Å². The van der Waals surface area contributed by atoms with Crippen LogP contribution in [0.15, 0.2) is 5.16 Å². The molecule has 0 N–H and O–H groups in total. The van der Waals surface area contributed by atoms with Gasteiger partial charge in [-0.25, -0.2) is 0 Å². The lowest BCUT2D eigenvalue weighted by atomic mass is 10.2. The Morgan fingerprint density at radius 1 is 1.33 bits per heavy atom. The van der Waals surface area contributed by atoms with Crippen LogP contribution in [-0.4, -0.2) is 25.5 Å². The summed E-state index contributed by atoms with van der Waals surface area (Å²) in [6.07, 6.45) is 1.86. The zero-order chi connectivity index (χ0) is 9.23. The predicted molar refractivity (Wildman–Crippen MR) is 50.5 cm³/mol. The van der Waals surface area contributed by atoms with Gasteiger partial charge in [-0.1, -0.05) is 19.0 Å². The molecule has 0 aromatic heterocycles. The molecule has 1 heterocycles. The van der Waals surface area contributed by atoms with E-state index in [1.165, 1.54) is 0 Å². The van der Waals surface area contributed by atoms with Crippen LogP contribution in [0, 0.1) is 0 Å². The van der Waals surface area contributed by atoms with E-state index in [9.17, 15) is 0 Å². The zero-order valence-electron chi connectivity index (χ0n) is 8.30. The number of oxime groups is 1. The summed E-state index contributed by atoms with van der Waals surface area (Å²) in [7, 11) is 0. The lowest BCUT2D eigenvalue weighted by Crippen LogP contribution is -2.15. The number of ether oxygens (including phenoxy) is 1. The number of hydrogen-bond donors (Lipinski definition) is 0. The van der Waals surface area contributed by atoms with Gasteiger partial charge in [0, 0.05) is 12.8 Å². The van der Waals surface area contributed by atoms with E-state index in [2.05, 4.69) is 5.16 Å². The zero-order valence-corrected chi connectivity index (χ0v) is 8.30. The summed E-state index contributed by atoms with van der Waals surface area (Å²) >= 11 is 0. The first-order valence-corrected chi connectivity index (χ1v) is 4.69. The molecule has 0 spiro atoms. The molecule has 0 aromatic carbocycles. The second kappa shape index (κ2) is 8.53. The maximum atomic E-state index is 5.14. The summed E-state index contributed by atoms with van der Waals surface area (Å²) in [5.74, 6) is 0. The molecule has 0 bridgehead atoms. The minimum absolute atomic E-state index is 0.657. The van der Waals surface area contributed by atoms with Crippen molar-refractivity contribution in [1.29, 1.82) is 0 Å². The van der Waals surface area contributed by atoms with Crippen LogP contribution in [0.5, 0.6) is 0 Å². The van der Waals surface area contributed by atoms with E-state index in [1.54, 1.807) is 0 Å². The molecule has 0 aliphatic carbocycles. The van der Waals surface area contributed by atoms with Gasteiger partial charge in [0.05, 0.1) is 18.9 Å². The molecule has 1 rings (SSSR count). The van der Waals surface area contributed by atoms with Crippen LogP contribution >= 0.6 is 0 Å². The van der Waals surface area contributed by atoms with Crippen LogP contribution in [0.3, 0.4) is 0 Å². The van der Waals surface area contributed by atoms with Crippen LogP contribution in [-0.2, 0) is 9.57 Å². The van der Waals surface area contributed by atoms with Crippen molar-refractivity contribution in [3.63, 3.8) is 0 Å². The second-order valence-electron chi connectivity index (χ2n) is 2.19. The van der Waals surface area contributed by atoms with Gasteiger partial charge in [-0.05, 0) is 6.92 Å². The fourth-order valence-corrected chi connectivity index (χ4v) is 0.854. The quantitative estimate of drug-likeness (QED) is 0.599. The highest BCUT2D eigenvalue weighted by Gasteiger charge is 2.06. The molecule has 1 fully saturated rings. The van der Waals surface area contributed by atoms with Crippen molar-refractivity contribution in [3.8, 4) is 0 Å². The molecule has 0 aromatic rings. The molecule has 12 heavy (non-hydrogen) atoms. The fraction of sp³-hybridized carbons (Fsp3) is 0.889. The number of nitrogens with zero attached hydrogens (tertiary/aromatic N) is 1. The Morgan fingerprint density at radius 2 is 1.92 bits per heavy atom. The molecule has 0 saturated carbocycles. The normalized spacial score (nSPS) is 16.1. The average Bonchev–Trinajstić information content (AvgIpc) is 2.19. The molecular formula is C9H19NO2. The van der Waals surface area contributed by atoms with Crippen LogP contribution in [0.25, 0.3) is 0 Å². The van der Waals surface area contributed by atoms with Crippen molar-refractivity contribution in [2.45, 2.75) is 33.6 Å². The van der Waals surface area contributed by atoms with Gasteiger partial charge in [0.15, 0.2) is 0 Å². The van der Waals surface area contributed by atoms with Gasteiger partial charge in [0.1, 0.15) is 6.61 Å². The van der Waals surface area contributed by atoms with Crippen molar-refractivity contribution in [2.75, 3.05) is 19.8 Å². The second-order valence-corrected chi connectivity index (χ2v) is 2.19. The highest BCUT2D eigenvalue weighted by molar-refractivity contribution is 5.84. The minimum Gasteiger partial charge on any atom is -0.396 e. The molecule has 0 amide bonds. The summed E-state index contributed by atoms with van der Waals surface area (Å²) < 4.78 is 5.14. The van der Waals surface area contributed by atoms with E-state index in [4.69, 9.17) is 9.57 Å². The first-order valence-electron chi connectivity index (χ1n) is 4.69. The lowest BCUT2D eigenvalue weighted by Gasteiger charge is -2.12. The van der Waals surface area contributed by atoms with Crippen molar-refractivity contribution in [1.82, 2.24) is 0 Å². The molecule has 1 saturated heterocycles. The third kappa shape index (κ3) is 5.13. The van der Waals surface area contributed by atoms with Crippen LogP contribution < -0.4 is 0 Å². The summed E-state index contributed by atoms with van der Waals surface area (Å²) in [6, 6.07) is 0. The van der Waals surface area contributed by atoms with E-state index in [0.717, 1.165) is 31.8 Å². The van der Waals surface area contributed by atoms with E-state index >= 15 is 0 Å².